The van der Waals surface area contributed by atoms with E-state index in [-0.39, 0.29) is 17.7 Å². The monoisotopic (exact) mass is 307 g/mol. The molecule has 1 N–H and O–H groups in total. The first-order valence-electron chi connectivity index (χ1n) is 7.70. The summed E-state index contributed by atoms with van der Waals surface area (Å²) < 4.78 is 0. The number of thiophene rings is 1. The van der Waals surface area contributed by atoms with Crippen molar-refractivity contribution in [1.82, 2.24) is 4.90 Å². The van der Waals surface area contributed by atoms with Crippen molar-refractivity contribution >= 4 is 23.2 Å². The average molecular weight is 307 g/mol. The van der Waals surface area contributed by atoms with Gasteiger partial charge < -0.3 is 10.0 Å². The summed E-state index contributed by atoms with van der Waals surface area (Å²) in [5.41, 5.74) is 1.35. The highest BCUT2D eigenvalue weighted by Crippen LogP contribution is 2.32. The summed E-state index contributed by atoms with van der Waals surface area (Å²) >= 11 is 1.64. The summed E-state index contributed by atoms with van der Waals surface area (Å²) in [5, 5.41) is 9.16. The van der Waals surface area contributed by atoms with E-state index in [1.807, 2.05) is 11.8 Å². The topological polar surface area (TPSA) is 57.6 Å². The number of nitrogens with zero attached hydrogens (tertiary/aromatic N) is 1. The van der Waals surface area contributed by atoms with Crippen molar-refractivity contribution in [3.63, 3.8) is 0 Å². The largest absolute Gasteiger partial charge is 0.481 e. The molecule has 2 heterocycles. The summed E-state index contributed by atoms with van der Waals surface area (Å²) in [6, 6.07) is 2.06. The van der Waals surface area contributed by atoms with Gasteiger partial charge in [-0.1, -0.05) is 6.92 Å². The summed E-state index contributed by atoms with van der Waals surface area (Å²) in [4.78, 5) is 27.8. The number of fused-ring (bicyclic) bond motifs is 1. The number of rotatable bonds is 2. The molecule has 1 aliphatic heterocycles. The SMILES string of the molecule is CC1CN(C(=O)c2cc3c(s2)CCCC3)CCC1C(=O)O. The maximum Gasteiger partial charge on any atom is 0.306 e. The molecule has 1 amide bonds. The van der Waals surface area contributed by atoms with Crippen LogP contribution in [-0.2, 0) is 17.6 Å². The molecule has 0 spiro atoms. The molecule has 3 rings (SSSR count). The molecule has 0 radical (unpaired) electrons. The number of carbonyl (C=O) groups is 2. The number of likely N-dealkylation sites (tertiary alicyclic amines) is 1. The molecule has 1 aromatic heterocycles. The fraction of sp³-hybridized carbons (Fsp3) is 0.625. The molecular weight excluding hydrogens is 286 g/mol. The van der Waals surface area contributed by atoms with Crippen molar-refractivity contribution in [2.24, 2.45) is 11.8 Å². The van der Waals surface area contributed by atoms with E-state index in [1.165, 1.54) is 23.3 Å². The third kappa shape index (κ3) is 2.84. The van der Waals surface area contributed by atoms with Crippen LogP contribution in [0.25, 0.3) is 0 Å². The highest BCUT2D eigenvalue weighted by Gasteiger charge is 2.33. The van der Waals surface area contributed by atoms with Crippen molar-refractivity contribution in [3.05, 3.63) is 21.4 Å². The number of hydrogen-bond acceptors (Lipinski definition) is 3. The van der Waals surface area contributed by atoms with Crippen LogP contribution in [0.1, 0.15) is 46.3 Å². The molecule has 1 saturated heterocycles. The summed E-state index contributed by atoms with van der Waals surface area (Å²) in [6.07, 6.45) is 5.20. The number of carboxylic acids is 1. The zero-order chi connectivity index (χ0) is 15.0. The highest BCUT2D eigenvalue weighted by molar-refractivity contribution is 7.14. The smallest absolute Gasteiger partial charge is 0.306 e. The van der Waals surface area contributed by atoms with Gasteiger partial charge in [-0.25, -0.2) is 0 Å². The second-order valence-corrected chi connectivity index (χ2v) is 7.36. The lowest BCUT2D eigenvalue weighted by Gasteiger charge is -2.34. The lowest BCUT2D eigenvalue weighted by atomic mass is 9.87. The maximum absolute atomic E-state index is 12.6. The summed E-state index contributed by atoms with van der Waals surface area (Å²) in [5.74, 6) is -0.938. The minimum Gasteiger partial charge on any atom is -0.481 e. The van der Waals surface area contributed by atoms with E-state index in [0.29, 0.717) is 19.5 Å². The number of amides is 1. The molecule has 2 atom stereocenters. The standard InChI is InChI=1S/C16H21NO3S/c1-10-9-17(7-6-12(10)16(19)20)15(18)14-8-11-4-2-3-5-13(11)21-14/h8,10,12H,2-7,9H2,1H3,(H,19,20). The molecule has 0 bridgehead atoms. The third-order valence-corrected chi connectivity index (χ3v) is 5.94. The highest BCUT2D eigenvalue weighted by atomic mass is 32.1. The Morgan fingerprint density at radius 1 is 1.33 bits per heavy atom. The molecule has 0 aromatic carbocycles. The first kappa shape index (κ1) is 14.6. The third-order valence-electron chi connectivity index (χ3n) is 4.72. The zero-order valence-electron chi connectivity index (χ0n) is 12.3. The normalized spacial score (nSPS) is 25.5. The molecule has 114 valence electrons. The molecule has 2 aliphatic rings. The summed E-state index contributed by atoms with van der Waals surface area (Å²) in [6.45, 7) is 3.04. The lowest BCUT2D eigenvalue weighted by molar-refractivity contribution is -0.145. The van der Waals surface area contributed by atoms with Crippen molar-refractivity contribution in [2.75, 3.05) is 13.1 Å². The van der Waals surface area contributed by atoms with Crippen molar-refractivity contribution in [1.29, 1.82) is 0 Å². The van der Waals surface area contributed by atoms with Gasteiger partial charge in [-0.15, -0.1) is 11.3 Å². The number of carbonyl (C=O) groups excluding carboxylic acids is 1. The van der Waals surface area contributed by atoms with Gasteiger partial charge >= 0.3 is 5.97 Å². The van der Waals surface area contributed by atoms with Crippen LogP contribution in [0.3, 0.4) is 0 Å². The van der Waals surface area contributed by atoms with Crippen LogP contribution in [0.4, 0.5) is 0 Å². The molecule has 2 unspecified atom stereocenters. The van der Waals surface area contributed by atoms with E-state index in [2.05, 4.69) is 6.07 Å². The van der Waals surface area contributed by atoms with Crippen LogP contribution in [0.2, 0.25) is 0 Å². The Bertz CT molecular complexity index is 542. The van der Waals surface area contributed by atoms with E-state index in [1.54, 1.807) is 11.3 Å². The molecule has 4 nitrogen and oxygen atoms in total. The van der Waals surface area contributed by atoms with Crippen LogP contribution in [-0.4, -0.2) is 35.0 Å². The van der Waals surface area contributed by atoms with Crippen LogP contribution in [0.15, 0.2) is 6.07 Å². The Labute approximate surface area is 128 Å². The Kier molecular flexibility index (Phi) is 4.02. The Morgan fingerprint density at radius 2 is 2.10 bits per heavy atom. The molecule has 0 saturated carbocycles. The fourth-order valence-corrected chi connectivity index (χ4v) is 4.67. The van der Waals surface area contributed by atoms with E-state index in [0.717, 1.165) is 17.7 Å². The number of carboxylic acid groups (broad SMARTS) is 1. The quantitative estimate of drug-likeness (QED) is 0.914. The Morgan fingerprint density at radius 3 is 2.76 bits per heavy atom. The fourth-order valence-electron chi connectivity index (χ4n) is 3.45. The second-order valence-electron chi connectivity index (χ2n) is 6.23. The van der Waals surface area contributed by atoms with E-state index < -0.39 is 5.97 Å². The second kappa shape index (κ2) is 5.79. The van der Waals surface area contributed by atoms with Gasteiger partial charge in [0, 0.05) is 18.0 Å². The van der Waals surface area contributed by atoms with Gasteiger partial charge in [0.15, 0.2) is 0 Å². The number of aryl methyl sites for hydroxylation is 2. The molecule has 1 fully saturated rings. The van der Waals surface area contributed by atoms with E-state index >= 15 is 0 Å². The molecule has 1 aliphatic carbocycles. The minimum absolute atomic E-state index is 0.0230. The van der Waals surface area contributed by atoms with Crippen LogP contribution >= 0.6 is 11.3 Å². The van der Waals surface area contributed by atoms with Crippen molar-refractivity contribution in [3.8, 4) is 0 Å². The Balaban J connectivity index is 1.71. The molecule has 5 heteroatoms. The van der Waals surface area contributed by atoms with Gasteiger partial charge in [0.1, 0.15) is 0 Å². The van der Waals surface area contributed by atoms with Gasteiger partial charge in [0.05, 0.1) is 10.8 Å². The summed E-state index contributed by atoms with van der Waals surface area (Å²) in [7, 11) is 0. The van der Waals surface area contributed by atoms with Crippen LogP contribution in [0.5, 0.6) is 0 Å². The van der Waals surface area contributed by atoms with Gasteiger partial charge in [0.2, 0.25) is 0 Å². The first-order chi connectivity index (χ1) is 10.1. The van der Waals surface area contributed by atoms with E-state index in [9.17, 15) is 9.59 Å². The number of aliphatic carboxylic acids is 1. The minimum atomic E-state index is -0.735. The average Bonchev–Trinajstić information content (AvgIpc) is 2.89. The number of piperidine rings is 1. The molecule has 21 heavy (non-hydrogen) atoms. The Hall–Kier alpha value is -1.36. The first-order valence-corrected chi connectivity index (χ1v) is 8.51. The predicted molar refractivity (Wildman–Crippen MR) is 81.8 cm³/mol. The zero-order valence-corrected chi connectivity index (χ0v) is 13.1. The van der Waals surface area contributed by atoms with Gasteiger partial charge in [-0.05, 0) is 49.7 Å². The van der Waals surface area contributed by atoms with Crippen LogP contribution in [0, 0.1) is 11.8 Å². The number of hydrogen-bond donors (Lipinski definition) is 1. The van der Waals surface area contributed by atoms with Crippen molar-refractivity contribution < 1.29 is 14.7 Å². The predicted octanol–water partition coefficient (Wildman–Crippen LogP) is 2.81. The van der Waals surface area contributed by atoms with Gasteiger partial charge in [-0.3, -0.25) is 9.59 Å². The van der Waals surface area contributed by atoms with Gasteiger partial charge in [0.25, 0.3) is 5.91 Å². The molecular formula is C16H21NO3S. The van der Waals surface area contributed by atoms with Gasteiger partial charge in [-0.2, -0.15) is 0 Å². The maximum atomic E-state index is 12.6. The van der Waals surface area contributed by atoms with E-state index in [4.69, 9.17) is 5.11 Å². The van der Waals surface area contributed by atoms with Crippen LogP contribution < -0.4 is 0 Å². The lowest BCUT2D eigenvalue weighted by Crippen LogP contribution is -2.44. The molecule has 1 aromatic rings. The van der Waals surface area contributed by atoms with Crippen molar-refractivity contribution in [2.45, 2.75) is 39.0 Å².